The first kappa shape index (κ1) is 16.6. The van der Waals surface area contributed by atoms with Crippen LogP contribution in [0.4, 0.5) is 5.69 Å². The molecule has 7 nitrogen and oxygen atoms in total. The second-order valence-corrected chi connectivity index (χ2v) is 6.02. The van der Waals surface area contributed by atoms with Crippen LogP contribution in [0, 0.1) is 5.92 Å². The average molecular weight is 333 g/mol. The topological polar surface area (TPSA) is 71.1 Å². The highest BCUT2D eigenvalue weighted by Crippen LogP contribution is 2.36. The van der Waals surface area contributed by atoms with E-state index in [-0.39, 0.29) is 24.2 Å². The maximum atomic E-state index is 12.6. The molecule has 2 fully saturated rings. The van der Waals surface area contributed by atoms with Gasteiger partial charge in [0.1, 0.15) is 11.5 Å². The second-order valence-electron chi connectivity index (χ2n) is 6.02. The van der Waals surface area contributed by atoms with Crippen molar-refractivity contribution >= 4 is 17.5 Å². The summed E-state index contributed by atoms with van der Waals surface area (Å²) < 4.78 is 10.6. The van der Waals surface area contributed by atoms with Crippen molar-refractivity contribution in [2.45, 2.75) is 6.42 Å². The molecule has 1 aromatic carbocycles. The van der Waals surface area contributed by atoms with Crippen LogP contribution >= 0.6 is 0 Å². The SMILES string of the molecule is COc1ccc(N2C[C@@H](C(=O)N3CCNCC3)CC2=O)c(OC)c1. The number of anilines is 1. The van der Waals surface area contributed by atoms with Crippen LogP contribution in [0.2, 0.25) is 0 Å². The van der Waals surface area contributed by atoms with Gasteiger partial charge in [0.2, 0.25) is 11.8 Å². The number of rotatable bonds is 4. The Morgan fingerprint density at radius 1 is 1.21 bits per heavy atom. The molecule has 1 N–H and O–H groups in total. The van der Waals surface area contributed by atoms with E-state index in [1.165, 1.54) is 0 Å². The van der Waals surface area contributed by atoms with Crippen molar-refractivity contribution in [3.05, 3.63) is 18.2 Å². The molecule has 0 radical (unpaired) electrons. The van der Waals surface area contributed by atoms with Gasteiger partial charge in [-0.25, -0.2) is 0 Å². The number of nitrogens with zero attached hydrogens (tertiary/aromatic N) is 2. The first-order valence-corrected chi connectivity index (χ1v) is 8.16. The number of carbonyl (C=O) groups excluding carboxylic acids is 2. The number of amides is 2. The van der Waals surface area contributed by atoms with E-state index in [1.807, 2.05) is 4.90 Å². The van der Waals surface area contributed by atoms with Gasteiger partial charge in [-0.3, -0.25) is 9.59 Å². The van der Waals surface area contributed by atoms with Gasteiger partial charge >= 0.3 is 0 Å². The Labute approximate surface area is 141 Å². The number of methoxy groups -OCH3 is 2. The molecule has 0 spiro atoms. The molecular weight excluding hydrogens is 310 g/mol. The maximum absolute atomic E-state index is 12.6. The third-order valence-corrected chi connectivity index (χ3v) is 4.58. The Bertz CT molecular complexity index is 628. The summed E-state index contributed by atoms with van der Waals surface area (Å²) in [6.45, 7) is 3.42. The molecule has 2 heterocycles. The molecule has 0 unspecified atom stereocenters. The molecule has 2 aliphatic heterocycles. The normalized spacial score (nSPS) is 21.1. The summed E-state index contributed by atoms with van der Waals surface area (Å²) in [7, 11) is 3.14. The highest BCUT2D eigenvalue weighted by molar-refractivity contribution is 6.01. The molecule has 0 bridgehead atoms. The Morgan fingerprint density at radius 3 is 2.62 bits per heavy atom. The molecule has 2 aliphatic rings. The molecule has 7 heteroatoms. The number of hydrogen-bond acceptors (Lipinski definition) is 5. The van der Waals surface area contributed by atoms with Gasteiger partial charge in [0.15, 0.2) is 0 Å². The number of hydrogen-bond donors (Lipinski definition) is 1. The third-order valence-electron chi connectivity index (χ3n) is 4.58. The van der Waals surface area contributed by atoms with E-state index in [1.54, 1.807) is 37.3 Å². The van der Waals surface area contributed by atoms with Gasteiger partial charge in [0, 0.05) is 45.2 Å². The Balaban J connectivity index is 1.76. The van der Waals surface area contributed by atoms with Crippen LogP contribution in [-0.2, 0) is 9.59 Å². The van der Waals surface area contributed by atoms with Crippen molar-refractivity contribution < 1.29 is 19.1 Å². The van der Waals surface area contributed by atoms with Gasteiger partial charge in [-0.2, -0.15) is 0 Å². The molecule has 1 aromatic rings. The zero-order chi connectivity index (χ0) is 17.1. The van der Waals surface area contributed by atoms with Crippen LogP contribution in [-0.4, -0.2) is 63.7 Å². The highest BCUT2D eigenvalue weighted by Gasteiger charge is 2.38. The average Bonchev–Trinajstić information content (AvgIpc) is 3.02. The minimum atomic E-state index is -0.289. The van der Waals surface area contributed by atoms with E-state index >= 15 is 0 Å². The van der Waals surface area contributed by atoms with Crippen molar-refractivity contribution in [2.75, 3.05) is 51.8 Å². The molecule has 0 aliphatic carbocycles. The lowest BCUT2D eigenvalue weighted by atomic mass is 10.1. The lowest BCUT2D eigenvalue weighted by Gasteiger charge is -2.29. The summed E-state index contributed by atoms with van der Waals surface area (Å²) in [6, 6.07) is 5.33. The van der Waals surface area contributed by atoms with E-state index in [4.69, 9.17) is 9.47 Å². The Hall–Kier alpha value is -2.28. The molecule has 0 aromatic heterocycles. The zero-order valence-corrected chi connectivity index (χ0v) is 14.1. The molecule has 1 atom stereocenters. The van der Waals surface area contributed by atoms with E-state index in [2.05, 4.69) is 5.32 Å². The number of nitrogens with one attached hydrogen (secondary N) is 1. The van der Waals surface area contributed by atoms with Gasteiger partial charge < -0.3 is 24.6 Å². The summed E-state index contributed by atoms with van der Waals surface area (Å²) in [6.07, 6.45) is 0.248. The van der Waals surface area contributed by atoms with Crippen molar-refractivity contribution in [2.24, 2.45) is 5.92 Å². The minimum Gasteiger partial charge on any atom is -0.497 e. The van der Waals surface area contributed by atoms with Gasteiger partial charge in [-0.15, -0.1) is 0 Å². The van der Waals surface area contributed by atoms with Crippen molar-refractivity contribution in [1.82, 2.24) is 10.2 Å². The van der Waals surface area contributed by atoms with Gasteiger partial charge in [0.25, 0.3) is 0 Å². The largest absolute Gasteiger partial charge is 0.497 e. The quantitative estimate of drug-likeness (QED) is 0.868. The van der Waals surface area contributed by atoms with Gasteiger partial charge in [-0.05, 0) is 12.1 Å². The van der Waals surface area contributed by atoms with Crippen LogP contribution in [0.3, 0.4) is 0 Å². The smallest absolute Gasteiger partial charge is 0.228 e. The van der Waals surface area contributed by atoms with Crippen LogP contribution in [0.25, 0.3) is 0 Å². The second kappa shape index (κ2) is 7.09. The van der Waals surface area contributed by atoms with Crippen molar-refractivity contribution in [3.63, 3.8) is 0 Å². The molecule has 24 heavy (non-hydrogen) atoms. The minimum absolute atomic E-state index is 0.0491. The van der Waals surface area contributed by atoms with Gasteiger partial charge in [0.05, 0.1) is 25.8 Å². The van der Waals surface area contributed by atoms with Crippen LogP contribution < -0.4 is 19.7 Å². The Kier molecular flexibility index (Phi) is 4.89. The standard InChI is InChI=1S/C17H23N3O4/c1-23-13-3-4-14(15(10-13)24-2)20-11-12(9-16(20)21)17(22)19-7-5-18-6-8-19/h3-4,10,12,18H,5-9,11H2,1-2H3/t12-/m0/s1. The summed E-state index contributed by atoms with van der Waals surface area (Å²) in [5.74, 6) is 0.961. The van der Waals surface area contributed by atoms with E-state index in [9.17, 15) is 9.59 Å². The first-order valence-electron chi connectivity index (χ1n) is 8.16. The third kappa shape index (κ3) is 3.17. The summed E-state index contributed by atoms with van der Waals surface area (Å²) in [5.41, 5.74) is 0.680. The van der Waals surface area contributed by atoms with E-state index in [0.29, 0.717) is 36.8 Å². The van der Waals surface area contributed by atoms with E-state index < -0.39 is 0 Å². The lowest BCUT2D eigenvalue weighted by Crippen LogP contribution is -2.48. The molecule has 3 rings (SSSR count). The zero-order valence-electron chi connectivity index (χ0n) is 14.1. The number of ether oxygens (including phenoxy) is 2. The first-order chi connectivity index (χ1) is 11.6. The molecule has 0 saturated carbocycles. The van der Waals surface area contributed by atoms with E-state index in [0.717, 1.165) is 13.1 Å². The van der Waals surface area contributed by atoms with Crippen molar-refractivity contribution in [1.29, 1.82) is 0 Å². The predicted molar refractivity (Wildman–Crippen MR) is 89.5 cm³/mol. The predicted octanol–water partition coefficient (Wildman–Crippen LogP) is 0.489. The van der Waals surface area contributed by atoms with Crippen LogP contribution in [0.1, 0.15) is 6.42 Å². The molecular formula is C17H23N3O4. The Morgan fingerprint density at radius 2 is 1.96 bits per heavy atom. The fourth-order valence-electron chi connectivity index (χ4n) is 3.26. The fraction of sp³-hybridized carbons (Fsp3) is 0.529. The fourth-order valence-corrected chi connectivity index (χ4v) is 3.26. The molecule has 2 amide bonds. The number of piperazine rings is 1. The van der Waals surface area contributed by atoms with Crippen LogP contribution in [0.5, 0.6) is 11.5 Å². The highest BCUT2D eigenvalue weighted by atomic mass is 16.5. The number of benzene rings is 1. The summed E-state index contributed by atoms with van der Waals surface area (Å²) in [5, 5.41) is 3.23. The molecule has 130 valence electrons. The van der Waals surface area contributed by atoms with Gasteiger partial charge in [-0.1, -0.05) is 0 Å². The lowest BCUT2D eigenvalue weighted by molar-refractivity contribution is -0.136. The summed E-state index contributed by atoms with van der Waals surface area (Å²) >= 11 is 0. The monoisotopic (exact) mass is 333 g/mol. The van der Waals surface area contributed by atoms with Crippen LogP contribution in [0.15, 0.2) is 18.2 Å². The maximum Gasteiger partial charge on any atom is 0.228 e. The molecule has 2 saturated heterocycles. The van der Waals surface area contributed by atoms with Crippen molar-refractivity contribution in [3.8, 4) is 11.5 Å². The summed E-state index contributed by atoms with van der Waals surface area (Å²) in [4.78, 5) is 28.6. The number of carbonyl (C=O) groups is 2.